The molecular formula is C16H21N3O2S. The van der Waals surface area contributed by atoms with Crippen molar-refractivity contribution >= 4 is 28.5 Å². The van der Waals surface area contributed by atoms with Crippen molar-refractivity contribution in [1.82, 2.24) is 4.90 Å². The summed E-state index contributed by atoms with van der Waals surface area (Å²) in [5.74, 6) is 1.75. The molecule has 0 radical (unpaired) electrons. The number of methoxy groups -OCH3 is 1. The fraction of sp³-hybridized carbons (Fsp3) is 0.500. The van der Waals surface area contributed by atoms with Crippen molar-refractivity contribution in [3.05, 3.63) is 24.3 Å². The van der Waals surface area contributed by atoms with E-state index in [9.17, 15) is 4.79 Å². The van der Waals surface area contributed by atoms with Crippen molar-refractivity contribution < 1.29 is 9.53 Å². The smallest absolute Gasteiger partial charge is 0.226 e. The molecule has 118 valence electrons. The van der Waals surface area contributed by atoms with E-state index in [0.717, 1.165) is 22.4 Å². The fourth-order valence-corrected chi connectivity index (χ4v) is 3.58. The van der Waals surface area contributed by atoms with Crippen molar-refractivity contribution in [3.8, 4) is 5.75 Å². The van der Waals surface area contributed by atoms with Gasteiger partial charge in [0.05, 0.1) is 13.2 Å². The number of ether oxygens (including phenoxy) is 1. The average molecular weight is 319 g/mol. The minimum absolute atomic E-state index is 0.0373. The molecule has 1 aliphatic carbocycles. The quantitative estimate of drug-likeness (QED) is 0.906. The van der Waals surface area contributed by atoms with Crippen LogP contribution < -0.4 is 10.1 Å². The molecule has 0 bridgehead atoms. The van der Waals surface area contributed by atoms with Crippen molar-refractivity contribution in [2.45, 2.75) is 31.3 Å². The number of benzene rings is 1. The maximum absolute atomic E-state index is 12.2. The minimum Gasteiger partial charge on any atom is -0.497 e. The summed E-state index contributed by atoms with van der Waals surface area (Å²) < 4.78 is 5.11. The number of thioether (sulfide) groups is 1. The summed E-state index contributed by atoms with van der Waals surface area (Å²) >= 11 is 1.76. The topological polar surface area (TPSA) is 53.9 Å². The van der Waals surface area contributed by atoms with Gasteiger partial charge in [-0.05, 0) is 37.1 Å². The number of anilines is 1. The molecule has 1 aromatic carbocycles. The van der Waals surface area contributed by atoms with Crippen molar-refractivity contribution in [2.24, 2.45) is 4.99 Å². The zero-order chi connectivity index (χ0) is 15.5. The number of amides is 1. The molecule has 1 saturated carbocycles. The second-order valence-electron chi connectivity index (χ2n) is 5.70. The molecule has 1 amide bonds. The highest BCUT2D eigenvalue weighted by Gasteiger charge is 2.31. The van der Waals surface area contributed by atoms with Gasteiger partial charge in [0, 0.05) is 31.0 Å². The molecule has 2 fully saturated rings. The molecule has 1 atom stereocenters. The molecule has 6 heteroatoms. The van der Waals surface area contributed by atoms with Crippen LogP contribution in [0.1, 0.15) is 19.3 Å². The lowest BCUT2D eigenvalue weighted by atomic mass is 10.2. The van der Waals surface area contributed by atoms with Gasteiger partial charge in [0.2, 0.25) is 5.91 Å². The minimum atomic E-state index is 0.0373. The molecule has 1 saturated heterocycles. The van der Waals surface area contributed by atoms with Gasteiger partial charge >= 0.3 is 0 Å². The predicted octanol–water partition coefficient (Wildman–Crippen LogP) is 2.59. The lowest BCUT2D eigenvalue weighted by Gasteiger charge is -2.20. The van der Waals surface area contributed by atoms with Gasteiger partial charge in [-0.2, -0.15) is 0 Å². The third kappa shape index (κ3) is 3.74. The molecule has 2 aliphatic rings. The molecule has 22 heavy (non-hydrogen) atoms. The summed E-state index contributed by atoms with van der Waals surface area (Å²) in [6.07, 6.45) is 2.90. The highest BCUT2D eigenvalue weighted by Crippen LogP contribution is 2.30. The molecule has 1 aromatic rings. The van der Waals surface area contributed by atoms with Gasteiger partial charge in [-0.1, -0.05) is 11.8 Å². The Hall–Kier alpha value is -1.69. The van der Waals surface area contributed by atoms with Crippen LogP contribution in [0.2, 0.25) is 0 Å². The Morgan fingerprint density at radius 3 is 2.77 bits per heavy atom. The van der Waals surface area contributed by atoms with Crippen LogP contribution in [0.5, 0.6) is 5.75 Å². The number of amidine groups is 1. The average Bonchev–Trinajstić information content (AvgIpc) is 3.28. The highest BCUT2D eigenvalue weighted by molar-refractivity contribution is 8.14. The predicted molar refractivity (Wildman–Crippen MR) is 90.7 cm³/mol. The molecule has 0 aromatic heterocycles. The molecule has 1 heterocycles. The van der Waals surface area contributed by atoms with E-state index < -0.39 is 0 Å². The van der Waals surface area contributed by atoms with Gasteiger partial charge in [0.15, 0.2) is 5.17 Å². The summed E-state index contributed by atoms with van der Waals surface area (Å²) in [6, 6.07) is 8.13. The maximum Gasteiger partial charge on any atom is 0.226 e. The maximum atomic E-state index is 12.2. The van der Waals surface area contributed by atoms with Crippen molar-refractivity contribution in [2.75, 3.05) is 25.2 Å². The third-order valence-electron chi connectivity index (χ3n) is 3.89. The van der Waals surface area contributed by atoms with E-state index in [0.29, 0.717) is 12.5 Å². The summed E-state index contributed by atoms with van der Waals surface area (Å²) in [7, 11) is 3.66. The Labute approximate surface area is 135 Å². The normalized spacial score (nSPS) is 22.9. The van der Waals surface area contributed by atoms with Gasteiger partial charge in [-0.25, -0.2) is 0 Å². The monoisotopic (exact) mass is 319 g/mol. The number of hydrogen-bond donors (Lipinski definition) is 1. The molecule has 3 rings (SSSR count). The van der Waals surface area contributed by atoms with E-state index in [2.05, 4.69) is 15.2 Å². The molecule has 5 nitrogen and oxygen atoms in total. The third-order valence-corrected chi connectivity index (χ3v) is 5.09. The van der Waals surface area contributed by atoms with Crippen molar-refractivity contribution in [3.63, 3.8) is 0 Å². The van der Waals surface area contributed by atoms with Crippen LogP contribution in [0.4, 0.5) is 5.69 Å². The van der Waals surface area contributed by atoms with E-state index in [-0.39, 0.29) is 11.9 Å². The summed E-state index contributed by atoms with van der Waals surface area (Å²) in [4.78, 5) is 19.0. The Bertz CT molecular complexity index is 569. The summed E-state index contributed by atoms with van der Waals surface area (Å²) in [5, 5.41) is 4.03. The van der Waals surface area contributed by atoms with Gasteiger partial charge in [-0.15, -0.1) is 0 Å². The second-order valence-corrected chi connectivity index (χ2v) is 6.69. The zero-order valence-electron chi connectivity index (χ0n) is 12.9. The van der Waals surface area contributed by atoms with Gasteiger partial charge in [0.25, 0.3) is 0 Å². The van der Waals surface area contributed by atoms with Gasteiger partial charge < -0.3 is 15.0 Å². The first-order valence-corrected chi connectivity index (χ1v) is 8.51. The number of aliphatic imine (C=N–C) groups is 1. The number of rotatable bonds is 5. The molecule has 1 unspecified atom stereocenters. The molecule has 0 spiro atoms. The lowest BCUT2D eigenvalue weighted by Crippen LogP contribution is -2.33. The van der Waals surface area contributed by atoms with Crippen LogP contribution in [0.25, 0.3) is 0 Å². The Kier molecular flexibility index (Phi) is 4.57. The zero-order valence-corrected chi connectivity index (χ0v) is 13.7. The van der Waals surface area contributed by atoms with E-state index in [1.54, 1.807) is 18.9 Å². The number of hydrogen-bond acceptors (Lipinski definition) is 4. The number of nitrogens with one attached hydrogen (secondary N) is 1. The first-order valence-electron chi connectivity index (χ1n) is 7.53. The van der Waals surface area contributed by atoms with Crippen LogP contribution in [0, 0.1) is 0 Å². The van der Waals surface area contributed by atoms with Gasteiger partial charge in [-0.3, -0.25) is 9.79 Å². The number of carbonyl (C=O) groups is 1. The summed E-state index contributed by atoms with van der Waals surface area (Å²) in [5.41, 5.74) is 0.797. The van der Waals surface area contributed by atoms with Crippen LogP contribution in [0.3, 0.4) is 0 Å². The van der Waals surface area contributed by atoms with Crippen LogP contribution in [0.15, 0.2) is 29.3 Å². The Morgan fingerprint density at radius 2 is 2.14 bits per heavy atom. The van der Waals surface area contributed by atoms with E-state index in [1.807, 2.05) is 31.3 Å². The SMILES string of the molecule is COc1ccc(NC(=O)CC2CSC(=NC3CC3)N2C)cc1. The highest BCUT2D eigenvalue weighted by atomic mass is 32.2. The van der Waals surface area contributed by atoms with Crippen LogP contribution in [-0.2, 0) is 4.79 Å². The standard InChI is InChI=1S/C16H21N3O2S/c1-19-13(10-22-16(19)18-12-3-4-12)9-15(20)17-11-5-7-14(21-2)8-6-11/h5-8,12-13H,3-4,9-10H2,1-2H3,(H,17,20). The van der Waals surface area contributed by atoms with Crippen molar-refractivity contribution in [1.29, 1.82) is 0 Å². The van der Waals surface area contributed by atoms with E-state index in [1.165, 1.54) is 12.8 Å². The van der Waals surface area contributed by atoms with Crippen LogP contribution in [-0.4, -0.2) is 48.0 Å². The van der Waals surface area contributed by atoms with Gasteiger partial charge in [0.1, 0.15) is 5.75 Å². The lowest BCUT2D eigenvalue weighted by molar-refractivity contribution is -0.116. The summed E-state index contributed by atoms with van der Waals surface area (Å²) in [6.45, 7) is 0. The molecule has 1 N–H and O–H groups in total. The molecular weight excluding hydrogens is 298 g/mol. The number of nitrogens with zero attached hydrogens (tertiary/aromatic N) is 2. The fourth-order valence-electron chi connectivity index (χ4n) is 2.32. The first-order chi connectivity index (χ1) is 10.7. The Balaban J connectivity index is 1.53. The largest absolute Gasteiger partial charge is 0.497 e. The Morgan fingerprint density at radius 1 is 1.41 bits per heavy atom. The van der Waals surface area contributed by atoms with E-state index in [4.69, 9.17) is 4.74 Å². The molecule has 1 aliphatic heterocycles. The van der Waals surface area contributed by atoms with E-state index >= 15 is 0 Å². The first kappa shape index (κ1) is 15.2. The van der Waals surface area contributed by atoms with Crippen LogP contribution >= 0.6 is 11.8 Å². The second kappa shape index (κ2) is 6.60. The number of carbonyl (C=O) groups excluding carboxylic acids is 1.